The van der Waals surface area contributed by atoms with Crippen molar-refractivity contribution in [3.63, 3.8) is 0 Å². The summed E-state index contributed by atoms with van der Waals surface area (Å²) in [5.41, 5.74) is 7.40. The molecule has 3 rings (SSSR count). The Morgan fingerprint density at radius 2 is 2.04 bits per heavy atom. The van der Waals surface area contributed by atoms with Crippen LogP contribution in [0.4, 0.5) is 0 Å². The molecule has 2 N–H and O–H groups in total. The fourth-order valence-electron chi connectivity index (χ4n) is 4.22. The number of methoxy groups -OCH3 is 1. The van der Waals surface area contributed by atoms with E-state index >= 15 is 0 Å². The summed E-state index contributed by atoms with van der Waals surface area (Å²) < 4.78 is 5.21. The van der Waals surface area contributed by atoms with Crippen molar-refractivity contribution in [2.45, 2.75) is 44.6 Å². The van der Waals surface area contributed by atoms with Crippen molar-refractivity contribution in [1.82, 2.24) is 4.90 Å². The first kappa shape index (κ1) is 16.3. The van der Waals surface area contributed by atoms with Gasteiger partial charge in [-0.15, -0.1) is 0 Å². The predicted octanol–water partition coefficient (Wildman–Crippen LogP) is 2.77. The largest absolute Gasteiger partial charge is 0.497 e. The van der Waals surface area contributed by atoms with Gasteiger partial charge in [-0.25, -0.2) is 0 Å². The number of carbonyl (C=O) groups is 1. The number of ether oxygens (including phenoxy) is 1. The first-order valence-electron chi connectivity index (χ1n) is 8.79. The molecule has 1 amide bonds. The number of benzene rings is 1. The van der Waals surface area contributed by atoms with Crippen LogP contribution < -0.4 is 10.5 Å². The molecule has 1 aromatic rings. The van der Waals surface area contributed by atoms with Gasteiger partial charge in [-0.05, 0) is 54.7 Å². The van der Waals surface area contributed by atoms with Crippen LogP contribution in [0.25, 0.3) is 0 Å². The summed E-state index contributed by atoms with van der Waals surface area (Å²) in [5.74, 6) is 2.59. The van der Waals surface area contributed by atoms with Gasteiger partial charge in [0.15, 0.2) is 0 Å². The lowest BCUT2D eigenvalue weighted by molar-refractivity contribution is -0.130. The van der Waals surface area contributed by atoms with Gasteiger partial charge in [0.05, 0.1) is 7.11 Å². The molecule has 23 heavy (non-hydrogen) atoms. The molecule has 2 fully saturated rings. The number of hydrogen-bond acceptors (Lipinski definition) is 3. The van der Waals surface area contributed by atoms with Gasteiger partial charge in [0.25, 0.3) is 0 Å². The number of nitrogens with zero attached hydrogens (tertiary/aromatic N) is 1. The van der Waals surface area contributed by atoms with Crippen molar-refractivity contribution in [3.05, 3.63) is 29.8 Å². The van der Waals surface area contributed by atoms with E-state index < -0.39 is 0 Å². The Morgan fingerprint density at radius 1 is 1.30 bits per heavy atom. The van der Waals surface area contributed by atoms with Crippen molar-refractivity contribution in [1.29, 1.82) is 0 Å². The lowest BCUT2D eigenvalue weighted by Crippen LogP contribution is -2.34. The molecule has 1 aromatic carbocycles. The van der Waals surface area contributed by atoms with Crippen LogP contribution in [-0.4, -0.2) is 37.0 Å². The fraction of sp³-hybridized carbons (Fsp3) is 0.632. The zero-order valence-electron chi connectivity index (χ0n) is 14.2. The van der Waals surface area contributed by atoms with E-state index in [0.717, 1.165) is 31.7 Å². The minimum Gasteiger partial charge on any atom is -0.497 e. The highest BCUT2D eigenvalue weighted by atomic mass is 16.5. The van der Waals surface area contributed by atoms with Gasteiger partial charge in [0.2, 0.25) is 5.91 Å². The zero-order chi connectivity index (χ0) is 16.4. The molecule has 1 aliphatic heterocycles. The van der Waals surface area contributed by atoms with E-state index in [1.54, 1.807) is 7.11 Å². The average molecular weight is 316 g/mol. The number of carbonyl (C=O) groups excluding carboxylic acids is 1. The normalized spacial score (nSPS) is 27.8. The second-order valence-corrected chi connectivity index (χ2v) is 7.05. The maximum atomic E-state index is 12.7. The van der Waals surface area contributed by atoms with Crippen molar-refractivity contribution < 1.29 is 9.53 Å². The lowest BCUT2D eigenvalue weighted by atomic mass is 9.92. The summed E-state index contributed by atoms with van der Waals surface area (Å²) in [6, 6.07) is 8.40. The predicted molar refractivity (Wildman–Crippen MR) is 91.4 cm³/mol. The first-order chi connectivity index (χ1) is 11.1. The molecule has 1 saturated heterocycles. The van der Waals surface area contributed by atoms with E-state index in [2.05, 4.69) is 24.0 Å². The molecule has 0 bridgehead atoms. The number of nitrogens with two attached hydrogens (primary N) is 1. The van der Waals surface area contributed by atoms with Crippen LogP contribution >= 0.6 is 0 Å². The molecule has 4 heteroatoms. The standard InChI is InChI=1S/C19H28N2O2/c1-3-13(14-4-7-16(23-2)8-5-14)10-19(22)21-11-15-6-9-18(20)17(15)12-21/h4-5,7-8,13,15,17-18H,3,6,9-12,20H2,1-2H3. The Hall–Kier alpha value is -1.55. The fourth-order valence-corrected chi connectivity index (χ4v) is 4.22. The smallest absolute Gasteiger partial charge is 0.223 e. The summed E-state index contributed by atoms with van der Waals surface area (Å²) in [6.07, 6.45) is 3.88. The Morgan fingerprint density at radius 3 is 2.65 bits per heavy atom. The van der Waals surface area contributed by atoms with E-state index in [9.17, 15) is 4.79 Å². The van der Waals surface area contributed by atoms with Crippen LogP contribution in [0, 0.1) is 11.8 Å². The molecular weight excluding hydrogens is 288 g/mol. The SMILES string of the molecule is CCC(CC(=O)N1CC2CCC(N)C2C1)c1ccc(OC)cc1. The Balaban J connectivity index is 1.61. The second-order valence-electron chi connectivity index (χ2n) is 7.05. The summed E-state index contributed by atoms with van der Waals surface area (Å²) in [5, 5.41) is 0. The Kier molecular flexibility index (Phi) is 4.90. The van der Waals surface area contributed by atoms with Crippen LogP contribution in [0.2, 0.25) is 0 Å². The second kappa shape index (κ2) is 6.91. The quantitative estimate of drug-likeness (QED) is 0.909. The van der Waals surface area contributed by atoms with Gasteiger partial charge in [-0.3, -0.25) is 4.79 Å². The average Bonchev–Trinajstić information content (AvgIpc) is 3.15. The van der Waals surface area contributed by atoms with Crippen molar-refractivity contribution >= 4 is 5.91 Å². The van der Waals surface area contributed by atoms with Crippen LogP contribution in [0.5, 0.6) is 5.75 Å². The van der Waals surface area contributed by atoms with Crippen LogP contribution in [0.1, 0.15) is 44.1 Å². The van der Waals surface area contributed by atoms with Crippen molar-refractivity contribution in [3.8, 4) is 5.75 Å². The van der Waals surface area contributed by atoms with Crippen molar-refractivity contribution in [2.24, 2.45) is 17.6 Å². The monoisotopic (exact) mass is 316 g/mol. The summed E-state index contributed by atoms with van der Waals surface area (Å²) >= 11 is 0. The third-order valence-corrected chi connectivity index (χ3v) is 5.77. The molecular formula is C19H28N2O2. The van der Waals surface area contributed by atoms with Gasteiger partial charge in [0, 0.05) is 25.6 Å². The number of likely N-dealkylation sites (tertiary alicyclic amines) is 1. The van der Waals surface area contributed by atoms with Gasteiger partial charge < -0.3 is 15.4 Å². The van der Waals surface area contributed by atoms with E-state index in [1.165, 1.54) is 12.0 Å². The van der Waals surface area contributed by atoms with E-state index in [0.29, 0.717) is 24.3 Å². The minimum atomic E-state index is 0.280. The molecule has 4 unspecified atom stereocenters. The van der Waals surface area contributed by atoms with Crippen LogP contribution in [0.15, 0.2) is 24.3 Å². The maximum Gasteiger partial charge on any atom is 0.223 e. The number of hydrogen-bond donors (Lipinski definition) is 1. The van der Waals surface area contributed by atoms with E-state index in [4.69, 9.17) is 10.5 Å². The van der Waals surface area contributed by atoms with Gasteiger partial charge >= 0.3 is 0 Å². The molecule has 0 radical (unpaired) electrons. The van der Waals surface area contributed by atoms with Crippen molar-refractivity contribution in [2.75, 3.05) is 20.2 Å². The molecule has 2 aliphatic rings. The molecule has 4 atom stereocenters. The topological polar surface area (TPSA) is 55.6 Å². The van der Waals surface area contributed by atoms with E-state index in [1.807, 2.05) is 12.1 Å². The highest BCUT2D eigenvalue weighted by molar-refractivity contribution is 5.77. The number of amides is 1. The molecule has 4 nitrogen and oxygen atoms in total. The molecule has 126 valence electrons. The third kappa shape index (κ3) is 3.37. The number of fused-ring (bicyclic) bond motifs is 1. The summed E-state index contributed by atoms with van der Waals surface area (Å²) in [4.78, 5) is 14.8. The maximum absolute atomic E-state index is 12.7. The summed E-state index contributed by atoms with van der Waals surface area (Å²) in [6.45, 7) is 3.93. The van der Waals surface area contributed by atoms with Crippen LogP contribution in [0.3, 0.4) is 0 Å². The molecule has 1 saturated carbocycles. The molecule has 0 spiro atoms. The van der Waals surface area contributed by atoms with Gasteiger partial charge in [0.1, 0.15) is 5.75 Å². The molecule has 0 aromatic heterocycles. The lowest BCUT2D eigenvalue weighted by Gasteiger charge is -2.22. The number of rotatable bonds is 5. The Bertz CT molecular complexity index is 543. The van der Waals surface area contributed by atoms with Gasteiger partial charge in [-0.1, -0.05) is 19.1 Å². The molecule has 1 heterocycles. The zero-order valence-corrected chi connectivity index (χ0v) is 14.2. The minimum absolute atomic E-state index is 0.280. The first-order valence-corrected chi connectivity index (χ1v) is 8.79. The molecule has 1 aliphatic carbocycles. The van der Waals surface area contributed by atoms with E-state index in [-0.39, 0.29) is 11.8 Å². The highest BCUT2D eigenvalue weighted by Gasteiger charge is 2.42. The van der Waals surface area contributed by atoms with Crippen LogP contribution in [-0.2, 0) is 4.79 Å². The third-order valence-electron chi connectivity index (χ3n) is 5.77. The highest BCUT2D eigenvalue weighted by Crippen LogP contribution is 2.38. The Labute approximate surface area is 139 Å². The van der Waals surface area contributed by atoms with Gasteiger partial charge in [-0.2, -0.15) is 0 Å². The summed E-state index contributed by atoms with van der Waals surface area (Å²) in [7, 11) is 1.67.